The maximum Gasteiger partial charge on any atom is 0.414 e. The van der Waals surface area contributed by atoms with Gasteiger partial charge in [-0.2, -0.15) is 0 Å². The van der Waals surface area contributed by atoms with E-state index < -0.39 is 28.7 Å². The Kier molecular flexibility index (Phi) is 7.29. The molecule has 0 saturated carbocycles. The molecule has 2 N–H and O–H groups in total. The maximum absolute atomic E-state index is 14.7. The molecule has 1 aliphatic rings. The zero-order valence-electron chi connectivity index (χ0n) is 16.0. The minimum absolute atomic E-state index is 0.109. The number of anilines is 1. The fourth-order valence-corrected chi connectivity index (χ4v) is 3.98. The lowest BCUT2D eigenvalue weighted by Crippen LogP contribution is -2.33. The van der Waals surface area contributed by atoms with E-state index >= 15 is 0 Å². The molecule has 1 aromatic carbocycles. The number of carbonyl (C=O) groups excluding carboxylic acids is 2. The molecule has 1 aliphatic heterocycles. The lowest BCUT2D eigenvalue weighted by atomic mass is 10.2. The summed E-state index contributed by atoms with van der Waals surface area (Å²) in [6, 6.07) is 4.34. The van der Waals surface area contributed by atoms with E-state index in [9.17, 15) is 22.4 Å². The van der Waals surface area contributed by atoms with Crippen LogP contribution in [0, 0.1) is 5.82 Å². The first-order chi connectivity index (χ1) is 14.3. The smallest absolute Gasteiger partial charge is 0.414 e. The highest BCUT2D eigenvalue weighted by molar-refractivity contribution is 7.72. The van der Waals surface area contributed by atoms with Crippen molar-refractivity contribution in [1.82, 2.24) is 20.8 Å². The topological polar surface area (TPSA) is 131 Å². The fraction of sp³-hybridized carbons (Fsp3) is 0.412. The second-order valence-corrected chi connectivity index (χ2v) is 8.50. The molecular formula is C17H20FN5O5S2. The predicted octanol–water partition coefficient (Wildman–Crippen LogP) is 0.506. The molecular weight excluding hydrogens is 437 g/mol. The number of halogens is 1. The molecule has 3 rings (SSSR count). The van der Waals surface area contributed by atoms with Crippen molar-refractivity contribution in [3.63, 3.8) is 0 Å². The molecule has 0 radical (unpaired) electrons. The molecule has 1 saturated heterocycles. The van der Waals surface area contributed by atoms with E-state index in [0.29, 0.717) is 28.7 Å². The maximum atomic E-state index is 14.7. The number of hydrogen-bond acceptors (Lipinski definition) is 9. The van der Waals surface area contributed by atoms with E-state index in [0.717, 1.165) is 0 Å². The normalized spacial score (nSPS) is 16.2. The number of hydrogen-bond donors (Lipinski definition) is 3. The molecule has 0 bridgehead atoms. The second-order valence-electron chi connectivity index (χ2n) is 6.46. The summed E-state index contributed by atoms with van der Waals surface area (Å²) >= 11 is 1.21. The number of benzene rings is 1. The summed E-state index contributed by atoms with van der Waals surface area (Å²) in [6.07, 6.45) is -0.651. The predicted molar refractivity (Wildman–Crippen MR) is 108 cm³/mol. The first-order valence-corrected chi connectivity index (χ1v) is 11.2. The van der Waals surface area contributed by atoms with Crippen molar-refractivity contribution in [1.29, 1.82) is 0 Å². The molecule has 1 atom stereocenters. The number of cyclic esters (lactones) is 1. The zero-order valence-corrected chi connectivity index (χ0v) is 17.7. The van der Waals surface area contributed by atoms with Crippen LogP contribution in [0.25, 0.3) is 10.6 Å². The minimum Gasteiger partial charge on any atom is -0.442 e. The van der Waals surface area contributed by atoms with Crippen LogP contribution in [0.4, 0.5) is 14.9 Å². The lowest BCUT2D eigenvalue weighted by molar-refractivity contribution is -0.119. The molecule has 162 valence electrons. The van der Waals surface area contributed by atoms with Crippen LogP contribution < -0.4 is 15.5 Å². The molecule has 0 aliphatic carbocycles. The summed E-state index contributed by atoms with van der Waals surface area (Å²) in [6.45, 7) is 2.16. The fourth-order valence-electron chi connectivity index (χ4n) is 2.77. The van der Waals surface area contributed by atoms with Gasteiger partial charge in [-0.25, -0.2) is 17.6 Å². The Morgan fingerprint density at radius 1 is 1.40 bits per heavy atom. The lowest BCUT2D eigenvalue weighted by Gasteiger charge is -2.14. The highest BCUT2D eigenvalue weighted by Gasteiger charge is 2.32. The molecule has 2 amide bonds. The molecule has 1 aromatic heterocycles. The third-order valence-corrected chi connectivity index (χ3v) is 5.67. The van der Waals surface area contributed by atoms with Crippen molar-refractivity contribution < 1.29 is 27.1 Å². The van der Waals surface area contributed by atoms with Crippen molar-refractivity contribution >= 4 is 39.7 Å². The molecule has 10 nitrogen and oxygen atoms in total. The third-order valence-electron chi connectivity index (χ3n) is 4.17. The number of aromatic nitrogens is 2. The van der Waals surface area contributed by atoms with Gasteiger partial charge in [-0.1, -0.05) is 11.3 Å². The average Bonchev–Trinajstić information content (AvgIpc) is 3.30. The van der Waals surface area contributed by atoms with E-state index in [-0.39, 0.29) is 30.4 Å². The summed E-state index contributed by atoms with van der Waals surface area (Å²) in [4.78, 5) is 24.4. The van der Waals surface area contributed by atoms with Gasteiger partial charge in [0.15, 0.2) is 15.7 Å². The van der Waals surface area contributed by atoms with Crippen molar-refractivity contribution in [2.75, 3.05) is 30.4 Å². The summed E-state index contributed by atoms with van der Waals surface area (Å²) in [5, 5.41) is 14.4. The van der Waals surface area contributed by atoms with E-state index in [1.165, 1.54) is 35.3 Å². The first-order valence-electron chi connectivity index (χ1n) is 9.01. The summed E-state index contributed by atoms with van der Waals surface area (Å²) in [7, 11) is -2.48. The van der Waals surface area contributed by atoms with Gasteiger partial charge in [-0.05, 0) is 18.2 Å². The van der Waals surface area contributed by atoms with Gasteiger partial charge in [0.2, 0.25) is 5.91 Å². The monoisotopic (exact) mass is 457 g/mol. The highest BCUT2D eigenvalue weighted by atomic mass is 32.2. The number of amides is 2. The summed E-state index contributed by atoms with van der Waals surface area (Å²) in [5.41, 5.74) is 0.590. The largest absolute Gasteiger partial charge is 0.442 e. The minimum atomic E-state index is -2.48. The Morgan fingerprint density at radius 2 is 2.20 bits per heavy atom. The molecule has 30 heavy (non-hydrogen) atoms. The number of carbonyl (C=O) groups is 2. The van der Waals surface area contributed by atoms with Gasteiger partial charge in [0.25, 0.3) is 0 Å². The van der Waals surface area contributed by atoms with Gasteiger partial charge in [-0.15, -0.1) is 10.2 Å². The molecule has 0 unspecified atom stereocenters. The molecule has 0 spiro atoms. The first kappa shape index (κ1) is 22.1. The molecule has 2 heterocycles. The number of thiol groups is 1. The van der Waals surface area contributed by atoms with Gasteiger partial charge >= 0.3 is 6.09 Å². The van der Waals surface area contributed by atoms with Crippen LogP contribution >= 0.6 is 11.3 Å². The Labute approximate surface area is 177 Å². The Morgan fingerprint density at radius 3 is 2.90 bits per heavy atom. The van der Waals surface area contributed by atoms with Crippen LogP contribution in [0.1, 0.15) is 11.9 Å². The van der Waals surface area contributed by atoms with Crippen LogP contribution in [-0.4, -0.2) is 62.2 Å². The van der Waals surface area contributed by atoms with E-state index in [1.807, 2.05) is 0 Å². The van der Waals surface area contributed by atoms with Crippen molar-refractivity contribution in [3.8, 4) is 10.6 Å². The Bertz CT molecular complexity index is 1000. The molecule has 13 heteroatoms. The Hall–Kier alpha value is -2.64. The quantitative estimate of drug-likeness (QED) is 0.367. The highest BCUT2D eigenvalue weighted by Crippen LogP contribution is 2.30. The average molecular weight is 458 g/mol. The molecule has 1 fully saturated rings. The second kappa shape index (κ2) is 9.91. The van der Waals surface area contributed by atoms with Gasteiger partial charge in [0.1, 0.15) is 16.9 Å². The van der Waals surface area contributed by atoms with Gasteiger partial charge in [0, 0.05) is 25.5 Å². The number of ether oxygens (including phenoxy) is 1. The number of nitrogens with zero attached hydrogens (tertiary/aromatic N) is 3. The standard InChI is InChI=1S/C17H20FN5O5S2/c1-10(24)20-7-12-8-23(17(25)28-12)11-2-3-13(14(18)6-11)16-22-21-15(29-16)4-5-19-9-30(26)27/h2-3,6,12,19,30H,4-5,7-9H2,1H3,(H,20,24)/t12-/m0/s1. The van der Waals surface area contributed by atoms with Crippen LogP contribution in [0.2, 0.25) is 0 Å². The van der Waals surface area contributed by atoms with E-state index in [4.69, 9.17) is 4.74 Å². The van der Waals surface area contributed by atoms with Crippen molar-refractivity contribution in [2.45, 2.75) is 19.4 Å². The van der Waals surface area contributed by atoms with Gasteiger partial charge in [-0.3, -0.25) is 9.69 Å². The van der Waals surface area contributed by atoms with Crippen LogP contribution in [0.5, 0.6) is 0 Å². The number of rotatable bonds is 9. The van der Waals surface area contributed by atoms with Crippen LogP contribution in [0.15, 0.2) is 18.2 Å². The van der Waals surface area contributed by atoms with Gasteiger partial charge < -0.3 is 15.4 Å². The summed E-state index contributed by atoms with van der Waals surface area (Å²) in [5.74, 6) is -0.899. The van der Waals surface area contributed by atoms with Crippen LogP contribution in [0.3, 0.4) is 0 Å². The van der Waals surface area contributed by atoms with Gasteiger partial charge in [0.05, 0.1) is 24.7 Å². The van der Waals surface area contributed by atoms with Crippen LogP contribution in [-0.2, 0) is 26.7 Å². The van der Waals surface area contributed by atoms with Crippen molar-refractivity contribution in [2.24, 2.45) is 0 Å². The molecule has 2 aromatic rings. The van der Waals surface area contributed by atoms with E-state index in [1.54, 1.807) is 6.07 Å². The zero-order chi connectivity index (χ0) is 21.7. The van der Waals surface area contributed by atoms with Crippen molar-refractivity contribution in [3.05, 3.63) is 29.0 Å². The Balaban J connectivity index is 1.64. The number of nitrogens with one attached hydrogen (secondary N) is 2. The SMILES string of the molecule is CC(=O)NC[C@H]1CN(c2ccc(-c3nnc(CCNC[SH](=O)=O)s3)c(F)c2)C(=O)O1. The third kappa shape index (κ3) is 5.70. The van der Waals surface area contributed by atoms with E-state index in [2.05, 4.69) is 20.8 Å². The summed E-state index contributed by atoms with van der Waals surface area (Å²) < 4.78 is 40.9.